The van der Waals surface area contributed by atoms with Gasteiger partial charge in [-0.05, 0) is 42.5 Å². The Morgan fingerprint density at radius 3 is 2.62 bits per heavy atom. The standard InChI is InChI=1S/C32H24F3N5O7S/c1-36-31(42)28-19-11-18(21-8-9-25-29(37-21)24-12-17-20(33)5-4-6-22(17)39(24)15-45-25)23(38(2)48(3,43)44)13-26(19)46-30(28)16-7-10-27(41)40(14-16)47-32(34)35/h4-14,32H,15H2,1-3H3,(H,36,42). The molecule has 246 valence electrons. The van der Waals surface area contributed by atoms with Gasteiger partial charge in [0, 0.05) is 48.1 Å². The van der Waals surface area contributed by atoms with Gasteiger partial charge < -0.3 is 23.9 Å². The van der Waals surface area contributed by atoms with Gasteiger partial charge in [0.1, 0.15) is 28.6 Å². The fourth-order valence-corrected chi connectivity index (χ4v) is 6.22. The molecular weight excluding hydrogens is 655 g/mol. The number of sulfonamides is 1. The Kier molecular flexibility index (Phi) is 7.19. The normalized spacial score (nSPS) is 12.6. The van der Waals surface area contributed by atoms with Crippen molar-refractivity contribution in [3.8, 4) is 39.7 Å². The Hall–Kier alpha value is -5.77. The zero-order valence-corrected chi connectivity index (χ0v) is 26.1. The summed E-state index contributed by atoms with van der Waals surface area (Å²) in [6.07, 6.45) is 1.97. The van der Waals surface area contributed by atoms with Crippen LogP contribution in [0.3, 0.4) is 0 Å². The van der Waals surface area contributed by atoms with E-state index in [0.29, 0.717) is 32.8 Å². The van der Waals surface area contributed by atoms with Crippen LogP contribution in [0.15, 0.2) is 76.1 Å². The number of pyridine rings is 2. The van der Waals surface area contributed by atoms with Gasteiger partial charge in [0.2, 0.25) is 10.0 Å². The fourth-order valence-electron chi connectivity index (χ4n) is 5.71. The number of halogens is 3. The second kappa shape index (κ2) is 11.2. The largest absolute Gasteiger partial charge is 0.470 e. The van der Waals surface area contributed by atoms with Gasteiger partial charge in [0.25, 0.3) is 11.5 Å². The summed E-state index contributed by atoms with van der Waals surface area (Å²) in [7, 11) is -1.14. The van der Waals surface area contributed by atoms with E-state index in [-0.39, 0.29) is 51.5 Å². The number of aromatic nitrogens is 3. The molecule has 0 bridgehead atoms. The Labute approximate surface area is 269 Å². The number of ether oxygens (including phenoxy) is 1. The molecule has 0 atom stereocenters. The maximum Gasteiger partial charge on any atom is 0.405 e. The van der Waals surface area contributed by atoms with Gasteiger partial charge in [-0.25, -0.2) is 17.8 Å². The average molecular weight is 680 g/mol. The van der Waals surface area contributed by atoms with Gasteiger partial charge in [-0.2, -0.15) is 8.78 Å². The molecule has 0 saturated carbocycles. The summed E-state index contributed by atoms with van der Waals surface area (Å²) in [6, 6.07) is 14.8. The zero-order valence-electron chi connectivity index (χ0n) is 25.3. The number of fused-ring (bicyclic) bond motifs is 6. The van der Waals surface area contributed by atoms with Crippen LogP contribution in [-0.2, 0) is 16.8 Å². The van der Waals surface area contributed by atoms with E-state index in [1.165, 1.54) is 38.4 Å². The summed E-state index contributed by atoms with van der Waals surface area (Å²) in [5.41, 5.74) is 1.47. The van der Waals surface area contributed by atoms with E-state index < -0.39 is 33.9 Å². The average Bonchev–Trinajstić information content (AvgIpc) is 3.63. The first-order valence-electron chi connectivity index (χ1n) is 14.2. The maximum absolute atomic E-state index is 14.7. The number of rotatable bonds is 7. The van der Waals surface area contributed by atoms with Gasteiger partial charge >= 0.3 is 6.61 Å². The summed E-state index contributed by atoms with van der Waals surface area (Å²) in [5.74, 6) is -0.709. The molecule has 48 heavy (non-hydrogen) atoms. The van der Waals surface area contributed by atoms with Crippen molar-refractivity contribution in [2.45, 2.75) is 13.3 Å². The Morgan fingerprint density at radius 1 is 1.10 bits per heavy atom. The van der Waals surface area contributed by atoms with Crippen LogP contribution in [-0.4, -0.2) is 55.6 Å². The molecule has 0 saturated heterocycles. The van der Waals surface area contributed by atoms with Gasteiger partial charge in [-0.1, -0.05) is 6.07 Å². The predicted molar refractivity (Wildman–Crippen MR) is 170 cm³/mol. The van der Waals surface area contributed by atoms with E-state index in [1.807, 2.05) is 0 Å². The van der Waals surface area contributed by atoms with E-state index in [4.69, 9.17) is 14.1 Å². The maximum atomic E-state index is 14.7. The molecule has 0 spiro atoms. The molecule has 6 aromatic rings. The van der Waals surface area contributed by atoms with Crippen molar-refractivity contribution < 1.29 is 40.4 Å². The fraction of sp³-hybridized carbons (Fsp3) is 0.156. The number of nitrogens with zero attached hydrogens (tertiary/aromatic N) is 4. The third-order valence-corrected chi connectivity index (χ3v) is 9.24. The quantitative estimate of drug-likeness (QED) is 0.253. The van der Waals surface area contributed by atoms with Crippen molar-refractivity contribution in [3.05, 3.63) is 88.6 Å². The number of anilines is 1. The van der Waals surface area contributed by atoms with Crippen molar-refractivity contribution in [2.75, 3.05) is 24.7 Å². The molecule has 5 heterocycles. The Bertz CT molecular complexity index is 2470. The minimum absolute atomic E-state index is 0.0264. The second-order valence-electron chi connectivity index (χ2n) is 10.9. The highest BCUT2D eigenvalue weighted by molar-refractivity contribution is 7.92. The molecule has 1 amide bonds. The number of amides is 1. The van der Waals surface area contributed by atoms with Crippen molar-refractivity contribution >= 4 is 43.5 Å². The molecule has 4 aromatic heterocycles. The molecule has 1 aliphatic heterocycles. The number of benzene rings is 2. The first kappa shape index (κ1) is 30.9. The van der Waals surface area contributed by atoms with Gasteiger partial charge in [-0.3, -0.25) is 13.9 Å². The van der Waals surface area contributed by atoms with Crippen LogP contribution >= 0.6 is 0 Å². The molecule has 0 aliphatic carbocycles. The molecule has 2 aromatic carbocycles. The summed E-state index contributed by atoms with van der Waals surface area (Å²) in [5, 5.41) is 3.13. The highest BCUT2D eigenvalue weighted by atomic mass is 32.2. The van der Waals surface area contributed by atoms with E-state index in [9.17, 15) is 31.2 Å². The van der Waals surface area contributed by atoms with Crippen molar-refractivity contribution in [1.29, 1.82) is 0 Å². The van der Waals surface area contributed by atoms with Gasteiger partial charge in [0.15, 0.2) is 6.73 Å². The SMILES string of the molecule is CNC(=O)c1c(-c2ccc(=O)n(OC(F)F)c2)oc2cc(N(C)S(C)(=O)=O)c(-c3ccc4c(n3)-c3cc5c(F)cccc5n3CO4)cc12. The van der Waals surface area contributed by atoms with Crippen LogP contribution in [0.25, 0.3) is 55.8 Å². The summed E-state index contributed by atoms with van der Waals surface area (Å²) in [4.78, 5) is 34.6. The number of carbonyl (C=O) groups is 1. The van der Waals surface area contributed by atoms with E-state index in [1.54, 1.807) is 34.9 Å². The van der Waals surface area contributed by atoms with E-state index >= 15 is 0 Å². The second-order valence-corrected chi connectivity index (χ2v) is 12.9. The number of hydrogen-bond donors (Lipinski definition) is 1. The van der Waals surface area contributed by atoms with Crippen molar-refractivity contribution in [2.24, 2.45) is 0 Å². The predicted octanol–water partition coefficient (Wildman–Crippen LogP) is 4.84. The van der Waals surface area contributed by atoms with Crippen molar-refractivity contribution in [1.82, 2.24) is 19.6 Å². The lowest BCUT2D eigenvalue weighted by molar-refractivity contribution is -0.135. The summed E-state index contributed by atoms with van der Waals surface area (Å²) in [6.45, 7) is -3.19. The zero-order chi connectivity index (χ0) is 34.1. The highest BCUT2D eigenvalue weighted by Gasteiger charge is 2.28. The number of hydrogen-bond acceptors (Lipinski definition) is 8. The molecule has 1 N–H and O–H groups in total. The molecule has 0 unspecified atom stereocenters. The Balaban J connectivity index is 1.48. The van der Waals surface area contributed by atoms with Crippen LogP contribution in [0, 0.1) is 5.82 Å². The summed E-state index contributed by atoms with van der Waals surface area (Å²) >= 11 is 0. The molecule has 0 radical (unpaired) electrons. The van der Waals surface area contributed by atoms with Crippen LogP contribution in [0.1, 0.15) is 10.4 Å². The van der Waals surface area contributed by atoms with Crippen LogP contribution in [0.2, 0.25) is 0 Å². The lowest BCUT2D eigenvalue weighted by atomic mass is 10.0. The molecule has 12 nitrogen and oxygen atoms in total. The van der Waals surface area contributed by atoms with Crippen molar-refractivity contribution in [3.63, 3.8) is 0 Å². The highest BCUT2D eigenvalue weighted by Crippen LogP contribution is 2.43. The lowest BCUT2D eigenvalue weighted by Gasteiger charge is -2.23. The number of carbonyl (C=O) groups excluding carboxylic acids is 1. The van der Waals surface area contributed by atoms with Gasteiger partial charge in [0.05, 0.1) is 40.6 Å². The number of furan rings is 1. The molecule has 0 fully saturated rings. The molecular formula is C32H24F3N5O7S. The lowest BCUT2D eigenvalue weighted by Crippen LogP contribution is -2.28. The van der Waals surface area contributed by atoms with Crippen LogP contribution in [0.4, 0.5) is 18.9 Å². The monoisotopic (exact) mass is 679 g/mol. The van der Waals surface area contributed by atoms with Gasteiger partial charge in [-0.15, -0.1) is 4.73 Å². The van der Waals surface area contributed by atoms with Crippen LogP contribution in [0.5, 0.6) is 5.75 Å². The first-order valence-corrected chi connectivity index (χ1v) is 16.1. The Morgan fingerprint density at radius 2 is 1.90 bits per heavy atom. The minimum Gasteiger partial charge on any atom is -0.470 e. The number of nitrogens with one attached hydrogen (secondary N) is 1. The number of alkyl halides is 2. The summed E-state index contributed by atoms with van der Waals surface area (Å²) < 4.78 is 81.5. The topological polar surface area (TPSA) is 138 Å². The smallest absolute Gasteiger partial charge is 0.405 e. The van der Waals surface area contributed by atoms with E-state index in [0.717, 1.165) is 22.8 Å². The van der Waals surface area contributed by atoms with E-state index in [2.05, 4.69) is 10.2 Å². The third kappa shape index (κ3) is 5.00. The van der Waals surface area contributed by atoms with Crippen LogP contribution < -0.4 is 24.8 Å². The third-order valence-electron chi connectivity index (χ3n) is 8.05. The minimum atomic E-state index is -3.85. The molecule has 1 aliphatic rings. The molecule has 16 heteroatoms. The molecule has 7 rings (SSSR count). The first-order chi connectivity index (χ1) is 22.8.